The molecule has 2 rings (SSSR count). The Morgan fingerprint density at radius 3 is 2.57 bits per heavy atom. The maximum atomic E-state index is 6.00. The first-order valence-electron chi connectivity index (χ1n) is 8.38. The summed E-state index contributed by atoms with van der Waals surface area (Å²) in [7, 11) is 0. The Hall–Kier alpha value is -0.940. The third-order valence-corrected chi connectivity index (χ3v) is 4.58. The first-order valence-corrected chi connectivity index (χ1v) is 8.38. The minimum Gasteiger partial charge on any atom is -0.367 e. The summed E-state index contributed by atoms with van der Waals surface area (Å²) in [5, 5.41) is 7.73. The van der Waals surface area contributed by atoms with Gasteiger partial charge in [0.15, 0.2) is 0 Å². The van der Waals surface area contributed by atoms with Gasteiger partial charge in [0.25, 0.3) is 0 Å². The lowest BCUT2D eigenvalue weighted by molar-refractivity contribution is -0.0469. The molecule has 0 spiro atoms. The van der Waals surface area contributed by atoms with Crippen LogP contribution >= 0.6 is 0 Å². The fourth-order valence-corrected chi connectivity index (χ4v) is 3.37. The van der Waals surface area contributed by atoms with E-state index in [1.54, 1.807) is 0 Å². The minimum absolute atomic E-state index is 0.219. The van der Waals surface area contributed by atoms with Gasteiger partial charge in [-0.2, -0.15) is 4.98 Å². The largest absolute Gasteiger partial charge is 0.367 e. The maximum Gasteiger partial charge on any atom is 0.231 e. The molecule has 0 saturated heterocycles. The van der Waals surface area contributed by atoms with Crippen LogP contribution in [0.3, 0.4) is 0 Å². The molecule has 1 aromatic rings. The summed E-state index contributed by atoms with van der Waals surface area (Å²) in [6, 6.07) is 0.370. The van der Waals surface area contributed by atoms with E-state index in [9.17, 15) is 0 Å². The highest BCUT2D eigenvalue weighted by Crippen LogP contribution is 2.41. The van der Waals surface area contributed by atoms with Crippen molar-refractivity contribution >= 4 is 0 Å². The topological polar surface area (TPSA) is 60.2 Å². The molecule has 1 N–H and O–H groups in total. The van der Waals surface area contributed by atoms with Crippen molar-refractivity contribution < 1.29 is 9.26 Å². The second kappa shape index (κ2) is 7.36. The Labute approximate surface area is 127 Å². The molecule has 1 aromatic heterocycles. The van der Waals surface area contributed by atoms with E-state index in [1.807, 2.05) is 6.92 Å². The monoisotopic (exact) mass is 295 g/mol. The lowest BCUT2D eigenvalue weighted by Gasteiger charge is -2.25. The van der Waals surface area contributed by atoms with Crippen molar-refractivity contribution in [2.45, 2.75) is 77.4 Å². The fraction of sp³-hybridized carbons (Fsp3) is 0.875. The number of ether oxygens (including phenoxy) is 1. The van der Waals surface area contributed by atoms with Gasteiger partial charge in [-0.15, -0.1) is 0 Å². The van der Waals surface area contributed by atoms with Gasteiger partial charge in [0, 0.05) is 12.6 Å². The molecule has 0 radical (unpaired) electrons. The van der Waals surface area contributed by atoms with E-state index >= 15 is 0 Å². The number of aromatic nitrogens is 2. The molecular weight excluding hydrogens is 266 g/mol. The van der Waals surface area contributed by atoms with E-state index in [0.29, 0.717) is 12.6 Å². The quantitative estimate of drug-likeness (QED) is 0.797. The van der Waals surface area contributed by atoms with Gasteiger partial charge >= 0.3 is 0 Å². The fourth-order valence-electron chi connectivity index (χ4n) is 3.37. The minimum atomic E-state index is -0.309. The predicted octanol–water partition coefficient (Wildman–Crippen LogP) is 3.37. The van der Waals surface area contributed by atoms with E-state index in [2.05, 4.69) is 31.2 Å². The highest BCUT2D eigenvalue weighted by molar-refractivity contribution is 5.07. The lowest BCUT2D eigenvalue weighted by Crippen LogP contribution is -2.33. The van der Waals surface area contributed by atoms with Crippen molar-refractivity contribution in [3.05, 3.63) is 11.7 Å². The van der Waals surface area contributed by atoms with Crippen LogP contribution < -0.4 is 5.32 Å². The average molecular weight is 295 g/mol. The van der Waals surface area contributed by atoms with Gasteiger partial charge in [-0.1, -0.05) is 25.9 Å². The average Bonchev–Trinajstić information content (AvgIpc) is 3.14. The number of rotatable bonds is 8. The van der Waals surface area contributed by atoms with E-state index in [1.165, 1.54) is 12.8 Å². The molecule has 2 unspecified atom stereocenters. The summed E-state index contributed by atoms with van der Waals surface area (Å²) in [6.07, 6.45) is 5.39. The smallest absolute Gasteiger partial charge is 0.231 e. The van der Waals surface area contributed by atoms with Crippen molar-refractivity contribution in [3.8, 4) is 0 Å². The third kappa shape index (κ3) is 3.46. The molecule has 0 aliphatic heterocycles. The first-order chi connectivity index (χ1) is 10.2. The number of hydrogen-bond donors (Lipinski definition) is 1. The molecule has 1 fully saturated rings. The third-order valence-electron chi connectivity index (χ3n) is 4.58. The Morgan fingerprint density at radius 1 is 1.29 bits per heavy atom. The molecule has 1 saturated carbocycles. The van der Waals surface area contributed by atoms with E-state index in [-0.39, 0.29) is 11.5 Å². The van der Waals surface area contributed by atoms with Crippen LogP contribution in [0.25, 0.3) is 0 Å². The van der Waals surface area contributed by atoms with Gasteiger partial charge in [-0.3, -0.25) is 0 Å². The maximum absolute atomic E-state index is 6.00. The summed E-state index contributed by atoms with van der Waals surface area (Å²) >= 11 is 0. The summed E-state index contributed by atoms with van der Waals surface area (Å²) < 4.78 is 11.6. The zero-order valence-corrected chi connectivity index (χ0v) is 13.8. The molecule has 0 amide bonds. The zero-order valence-electron chi connectivity index (χ0n) is 13.8. The number of likely N-dealkylation sites (N-methyl/N-ethyl adjacent to an activating group) is 1. The lowest BCUT2D eigenvalue weighted by atomic mass is 9.98. The van der Waals surface area contributed by atoms with Crippen molar-refractivity contribution in [2.75, 3.05) is 13.2 Å². The first kappa shape index (κ1) is 16.4. The summed E-state index contributed by atoms with van der Waals surface area (Å²) in [4.78, 5) is 4.69. The molecule has 1 aliphatic rings. The van der Waals surface area contributed by atoms with Gasteiger partial charge in [-0.05, 0) is 45.6 Å². The molecular formula is C16H29N3O2. The molecule has 0 aromatic carbocycles. The van der Waals surface area contributed by atoms with Crippen LogP contribution in [-0.2, 0) is 10.3 Å². The number of nitrogens with one attached hydrogen (secondary N) is 1. The molecule has 0 bridgehead atoms. The number of hydrogen-bond acceptors (Lipinski definition) is 5. The molecule has 5 nitrogen and oxygen atoms in total. The van der Waals surface area contributed by atoms with Crippen molar-refractivity contribution in [1.82, 2.24) is 15.5 Å². The van der Waals surface area contributed by atoms with Crippen LogP contribution in [0, 0.1) is 0 Å². The second-order valence-electron chi connectivity index (χ2n) is 5.95. The SMILES string of the molecule is CCNC(CC)C(C)c1nc(C2(OCC)CCCC2)no1. The van der Waals surface area contributed by atoms with E-state index < -0.39 is 0 Å². The van der Waals surface area contributed by atoms with Crippen molar-refractivity contribution in [1.29, 1.82) is 0 Å². The molecule has 21 heavy (non-hydrogen) atoms. The normalized spacial score (nSPS) is 20.6. The molecule has 2 atom stereocenters. The highest BCUT2D eigenvalue weighted by atomic mass is 16.5. The van der Waals surface area contributed by atoms with Crippen molar-refractivity contribution in [2.24, 2.45) is 0 Å². The van der Waals surface area contributed by atoms with Gasteiger partial charge in [0.2, 0.25) is 11.7 Å². The number of nitrogens with zero attached hydrogens (tertiary/aromatic N) is 2. The summed E-state index contributed by atoms with van der Waals surface area (Å²) in [5.41, 5.74) is -0.309. The van der Waals surface area contributed by atoms with E-state index in [0.717, 1.165) is 37.5 Å². The Kier molecular flexibility index (Phi) is 5.76. The predicted molar refractivity (Wildman–Crippen MR) is 82.2 cm³/mol. The van der Waals surface area contributed by atoms with Gasteiger partial charge in [0.05, 0.1) is 5.92 Å². The van der Waals surface area contributed by atoms with Crippen LogP contribution in [0.5, 0.6) is 0 Å². The summed E-state index contributed by atoms with van der Waals surface area (Å²) in [6.45, 7) is 10.1. The molecule has 1 aliphatic carbocycles. The van der Waals surface area contributed by atoms with Gasteiger partial charge < -0.3 is 14.6 Å². The van der Waals surface area contributed by atoms with Gasteiger partial charge in [0.1, 0.15) is 5.60 Å². The van der Waals surface area contributed by atoms with Gasteiger partial charge in [-0.25, -0.2) is 0 Å². The van der Waals surface area contributed by atoms with Crippen LogP contribution in [0.15, 0.2) is 4.52 Å². The Morgan fingerprint density at radius 2 is 2.00 bits per heavy atom. The molecule has 1 heterocycles. The Bertz CT molecular complexity index is 427. The molecule has 5 heteroatoms. The standard InChI is InChI=1S/C16H29N3O2/c1-5-13(17-6-2)12(4)14-18-15(19-21-14)16(20-7-3)10-8-9-11-16/h12-13,17H,5-11H2,1-4H3. The zero-order chi connectivity index (χ0) is 15.3. The van der Waals surface area contributed by atoms with E-state index in [4.69, 9.17) is 14.2 Å². The van der Waals surface area contributed by atoms with Crippen LogP contribution in [0.4, 0.5) is 0 Å². The van der Waals surface area contributed by atoms with Crippen LogP contribution in [-0.4, -0.2) is 29.3 Å². The second-order valence-corrected chi connectivity index (χ2v) is 5.95. The van der Waals surface area contributed by atoms with Crippen LogP contribution in [0.2, 0.25) is 0 Å². The Balaban J connectivity index is 2.16. The van der Waals surface area contributed by atoms with Crippen LogP contribution in [0.1, 0.15) is 77.4 Å². The summed E-state index contributed by atoms with van der Waals surface area (Å²) in [5.74, 6) is 1.69. The van der Waals surface area contributed by atoms with Crippen molar-refractivity contribution in [3.63, 3.8) is 0 Å². The molecule has 120 valence electrons. The highest BCUT2D eigenvalue weighted by Gasteiger charge is 2.41.